The Labute approximate surface area is 182 Å². The summed E-state index contributed by atoms with van der Waals surface area (Å²) < 4.78 is 10.6. The van der Waals surface area contributed by atoms with Crippen molar-refractivity contribution in [2.75, 3.05) is 27.3 Å². The Hall–Kier alpha value is -1.74. The van der Waals surface area contributed by atoms with Gasteiger partial charge in [-0.15, -0.1) is 24.0 Å². The molecule has 2 N–H and O–H groups in total. The van der Waals surface area contributed by atoms with E-state index in [4.69, 9.17) is 21.1 Å². The van der Waals surface area contributed by atoms with E-state index >= 15 is 0 Å². The molecule has 0 radical (unpaired) electrons. The first-order chi connectivity index (χ1) is 12.7. The summed E-state index contributed by atoms with van der Waals surface area (Å²) >= 11 is 5.80. The second-order valence-electron chi connectivity index (χ2n) is 5.55. The van der Waals surface area contributed by atoms with E-state index in [0.29, 0.717) is 11.7 Å². The Kier molecular flexibility index (Phi) is 10.9. The average molecular weight is 505 g/mol. The molecule has 148 valence electrons. The number of hydrogen-bond donors (Lipinski definition) is 2. The Morgan fingerprint density at radius 1 is 1.07 bits per heavy atom. The number of nitrogens with zero attached hydrogens (tertiary/aromatic N) is 2. The zero-order valence-corrected chi connectivity index (χ0v) is 18.9. The van der Waals surface area contributed by atoms with Crippen LogP contribution in [0.3, 0.4) is 0 Å². The lowest BCUT2D eigenvalue weighted by Gasteiger charge is -2.12. The Morgan fingerprint density at radius 2 is 1.81 bits per heavy atom. The SMILES string of the molecule is CCNC(=NCc1ccc(Cl)nc1)NCCc1ccc(OC)c(OC)c1.I. The molecule has 2 aromatic rings. The number of halogens is 2. The minimum Gasteiger partial charge on any atom is -0.493 e. The van der Waals surface area contributed by atoms with Crippen molar-refractivity contribution in [2.45, 2.75) is 19.9 Å². The summed E-state index contributed by atoms with van der Waals surface area (Å²) in [5.41, 5.74) is 2.17. The molecule has 0 saturated heterocycles. The van der Waals surface area contributed by atoms with Gasteiger partial charge in [0.05, 0.1) is 20.8 Å². The predicted octanol–water partition coefficient (Wildman–Crippen LogP) is 3.67. The van der Waals surface area contributed by atoms with Crippen molar-refractivity contribution < 1.29 is 9.47 Å². The normalized spacial score (nSPS) is 10.7. The maximum atomic E-state index is 5.80. The van der Waals surface area contributed by atoms with Crippen molar-refractivity contribution in [3.05, 3.63) is 52.8 Å². The van der Waals surface area contributed by atoms with Crippen LogP contribution in [0.4, 0.5) is 0 Å². The summed E-state index contributed by atoms with van der Waals surface area (Å²) in [5.74, 6) is 2.24. The summed E-state index contributed by atoms with van der Waals surface area (Å²) in [4.78, 5) is 8.64. The van der Waals surface area contributed by atoms with Crippen LogP contribution in [0.25, 0.3) is 0 Å². The Morgan fingerprint density at radius 3 is 2.44 bits per heavy atom. The molecule has 0 aliphatic heterocycles. The monoisotopic (exact) mass is 504 g/mol. The maximum Gasteiger partial charge on any atom is 0.191 e. The maximum absolute atomic E-state index is 5.80. The smallest absolute Gasteiger partial charge is 0.191 e. The van der Waals surface area contributed by atoms with Crippen LogP contribution in [0.5, 0.6) is 11.5 Å². The largest absolute Gasteiger partial charge is 0.493 e. The molecule has 27 heavy (non-hydrogen) atoms. The summed E-state index contributed by atoms with van der Waals surface area (Å²) in [6, 6.07) is 9.63. The number of benzene rings is 1. The highest BCUT2D eigenvalue weighted by Crippen LogP contribution is 2.27. The predicted molar refractivity (Wildman–Crippen MR) is 121 cm³/mol. The highest BCUT2D eigenvalue weighted by Gasteiger charge is 2.05. The molecule has 2 rings (SSSR count). The number of nitrogens with one attached hydrogen (secondary N) is 2. The zero-order valence-electron chi connectivity index (χ0n) is 15.8. The number of aliphatic imine (C=N–C) groups is 1. The van der Waals surface area contributed by atoms with Crippen LogP contribution in [0.1, 0.15) is 18.1 Å². The minimum absolute atomic E-state index is 0. The van der Waals surface area contributed by atoms with Crippen LogP contribution >= 0.6 is 35.6 Å². The fourth-order valence-corrected chi connectivity index (χ4v) is 2.49. The summed E-state index contributed by atoms with van der Waals surface area (Å²) in [5, 5.41) is 7.06. The third kappa shape index (κ3) is 7.80. The van der Waals surface area contributed by atoms with Gasteiger partial charge in [0.15, 0.2) is 17.5 Å². The van der Waals surface area contributed by atoms with Crippen LogP contribution in [0.15, 0.2) is 41.5 Å². The van der Waals surface area contributed by atoms with Gasteiger partial charge in [-0.3, -0.25) is 0 Å². The van der Waals surface area contributed by atoms with Crippen LogP contribution in [0.2, 0.25) is 5.15 Å². The van der Waals surface area contributed by atoms with Gasteiger partial charge in [-0.25, -0.2) is 9.98 Å². The van der Waals surface area contributed by atoms with E-state index in [0.717, 1.165) is 48.1 Å². The molecule has 1 heterocycles. The lowest BCUT2D eigenvalue weighted by Crippen LogP contribution is -2.38. The topological polar surface area (TPSA) is 67.8 Å². The third-order valence-corrected chi connectivity index (χ3v) is 3.93. The molecule has 1 aromatic carbocycles. The second kappa shape index (κ2) is 12.6. The number of hydrogen-bond acceptors (Lipinski definition) is 4. The van der Waals surface area contributed by atoms with Gasteiger partial charge in [-0.05, 0) is 42.7 Å². The summed E-state index contributed by atoms with van der Waals surface area (Å²) in [6.07, 6.45) is 2.58. The molecular formula is C19H26ClIN4O2. The van der Waals surface area contributed by atoms with Crippen LogP contribution in [-0.4, -0.2) is 38.3 Å². The van der Waals surface area contributed by atoms with Crippen molar-refractivity contribution in [3.8, 4) is 11.5 Å². The second-order valence-corrected chi connectivity index (χ2v) is 5.94. The first-order valence-electron chi connectivity index (χ1n) is 8.49. The number of pyridine rings is 1. The molecule has 0 unspecified atom stereocenters. The fourth-order valence-electron chi connectivity index (χ4n) is 2.37. The molecule has 0 atom stereocenters. The Balaban J connectivity index is 0.00000364. The van der Waals surface area contributed by atoms with E-state index in [9.17, 15) is 0 Å². The first-order valence-corrected chi connectivity index (χ1v) is 8.87. The van der Waals surface area contributed by atoms with Crippen molar-refractivity contribution >= 4 is 41.5 Å². The van der Waals surface area contributed by atoms with Gasteiger partial charge >= 0.3 is 0 Å². The van der Waals surface area contributed by atoms with Crippen LogP contribution < -0.4 is 20.1 Å². The van der Waals surface area contributed by atoms with Gasteiger partial charge in [-0.2, -0.15) is 0 Å². The van der Waals surface area contributed by atoms with E-state index in [1.165, 1.54) is 0 Å². The van der Waals surface area contributed by atoms with Gasteiger partial charge in [0.2, 0.25) is 0 Å². The van der Waals surface area contributed by atoms with Gasteiger partial charge in [0, 0.05) is 19.3 Å². The average Bonchev–Trinajstić information content (AvgIpc) is 2.67. The molecule has 0 fully saturated rings. The molecular weight excluding hydrogens is 479 g/mol. The van der Waals surface area contributed by atoms with Crippen LogP contribution in [0, 0.1) is 0 Å². The molecule has 0 spiro atoms. The number of aromatic nitrogens is 1. The quantitative estimate of drug-likeness (QED) is 0.249. The van der Waals surface area contributed by atoms with E-state index in [2.05, 4.69) is 20.6 Å². The van der Waals surface area contributed by atoms with Gasteiger partial charge in [-0.1, -0.05) is 23.7 Å². The number of methoxy groups -OCH3 is 2. The van der Waals surface area contributed by atoms with E-state index < -0.39 is 0 Å². The molecule has 0 aliphatic carbocycles. The molecule has 0 saturated carbocycles. The molecule has 8 heteroatoms. The number of guanidine groups is 1. The zero-order chi connectivity index (χ0) is 18.8. The fraction of sp³-hybridized carbons (Fsp3) is 0.368. The molecule has 6 nitrogen and oxygen atoms in total. The standard InChI is InChI=1S/C19H25ClN4O2.HI/c1-4-21-19(24-13-15-6-8-18(20)23-12-15)22-10-9-14-5-7-16(25-2)17(11-14)26-3;/h5-8,11-12H,4,9-10,13H2,1-3H3,(H2,21,22,24);1H. The van der Waals surface area contributed by atoms with Gasteiger partial charge in [0.1, 0.15) is 5.15 Å². The van der Waals surface area contributed by atoms with E-state index in [1.807, 2.05) is 31.2 Å². The molecule has 0 bridgehead atoms. The minimum atomic E-state index is 0. The van der Waals surface area contributed by atoms with Gasteiger partial charge in [0.25, 0.3) is 0 Å². The molecule has 0 aliphatic rings. The summed E-state index contributed by atoms with van der Waals surface area (Å²) in [6.45, 7) is 4.12. The highest BCUT2D eigenvalue weighted by molar-refractivity contribution is 14.0. The highest BCUT2D eigenvalue weighted by atomic mass is 127. The first kappa shape index (κ1) is 23.3. The third-order valence-electron chi connectivity index (χ3n) is 3.71. The molecule has 0 amide bonds. The van der Waals surface area contributed by atoms with E-state index in [1.54, 1.807) is 26.5 Å². The Bertz CT molecular complexity index is 726. The van der Waals surface area contributed by atoms with Gasteiger partial charge < -0.3 is 20.1 Å². The lowest BCUT2D eigenvalue weighted by molar-refractivity contribution is 0.354. The van der Waals surface area contributed by atoms with Crippen molar-refractivity contribution in [3.63, 3.8) is 0 Å². The van der Waals surface area contributed by atoms with Crippen LogP contribution in [-0.2, 0) is 13.0 Å². The number of ether oxygens (including phenoxy) is 2. The van der Waals surface area contributed by atoms with Crippen molar-refractivity contribution in [2.24, 2.45) is 4.99 Å². The number of rotatable bonds is 8. The van der Waals surface area contributed by atoms with E-state index in [-0.39, 0.29) is 24.0 Å². The van der Waals surface area contributed by atoms with Crippen molar-refractivity contribution in [1.82, 2.24) is 15.6 Å². The summed E-state index contributed by atoms with van der Waals surface area (Å²) in [7, 11) is 3.27. The molecule has 1 aromatic heterocycles. The van der Waals surface area contributed by atoms with Crippen molar-refractivity contribution in [1.29, 1.82) is 0 Å². The lowest BCUT2D eigenvalue weighted by atomic mass is 10.1.